The van der Waals surface area contributed by atoms with E-state index < -0.39 is 5.60 Å². The Hall–Kier alpha value is -2.35. The van der Waals surface area contributed by atoms with Gasteiger partial charge in [0.25, 0.3) is 0 Å². The Morgan fingerprint density at radius 2 is 1.29 bits per heavy atom. The van der Waals surface area contributed by atoms with Crippen molar-refractivity contribution in [2.75, 3.05) is 0 Å². The van der Waals surface area contributed by atoms with Crippen LogP contribution in [0.2, 0.25) is 5.02 Å². The Morgan fingerprint density at radius 1 is 0.792 bits per heavy atom. The normalized spacial score (nSPS) is 13.2. The molecule has 0 fully saturated rings. The van der Waals surface area contributed by atoms with E-state index in [1.165, 1.54) is 0 Å². The first-order valence-corrected chi connectivity index (χ1v) is 8.26. The second-order valence-corrected chi connectivity index (χ2v) is 6.24. The molecule has 0 bridgehead atoms. The minimum Gasteiger partial charge on any atom is -0.380 e. The maximum atomic E-state index is 11.3. The first-order chi connectivity index (χ1) is 11.6. The summed E-state index contributed by atoms with van der Waals surface area (Å²) in [6.45, 7) is 3.79. The molecular weight excluding hydrogens is 316 g/mol. The highest BCUT2D eigenvalue weighted by Crippen LogP contribution is 2.35. The molecule has 0 saturated carbocycles. The first kappa shape index (κ1) is 16.5. The van der Waals surface area contributed by atoms with E-state index in [1.54, 1.807) is 18.2 Å². The molecule has 120 valence electrons. The fraction of sp³-hybridized carbons (Fsp3) is 0.0909. The van der Waals surface area contributed by atoms with Gasteiger partial charge in [0.15, 0.2) is 0 Å². The van der Waals surface area contributed by atoms with Crippen LogP contribution in [0.15, 0.2) is 91.5 Å². The Kier molecular flexibility index (Phi) is 4.84. The van der Waals surface area contributed by atoms with Crippen molar-refractivity contribution in [2.24, 2.45) is 0 Å². The highest BCUT2D eigenvalue weighted by atomic mass is 35.5. The van der Waals surface area contributed by atoms with Gasteiger partial charge in [-0.15, -0.1) is 6.58 Å². The zero-order valence-electron chi connectivity index (χ0n) is 13.3. The molecule has 24 heavy (non-hydrogen) atoms. The molecule has 0 radical (unpaired) electrons. The van der Waals surface area contributed by atoms with Gasteiger partial charge < -0.3 is 5.11 Å². The largest absolute Gasteiger partial charge is 0.380 e. The number of halogens is 1. The first-order valence-electron chi connectivity index (χ1n) is 7.89. The molecule has 0 aliphatic heterocycles. The molecule has 3 rings (SSSR count). The summed E-state index contributed by atoms with van der Waals surface area (Å²) in [7, 11) is 0. The Morgan fingerprint density at radius 3 is 1.83 bits per heavy atom. The van der Waals surface area contributed by atoms with Crippen LogP contribution in [0, 0.1) is 0 Å². The summed E-state index contributed by atoms with van der Waals surface area (Å²) < 4.78 is 0. The fourth-order valence-corrected chi connectivity index (χ4v) is 3.03. The van der Waals surface area contributed by atoms with Crippen LogP contribution < -0.4 is 0 Å². The number of benzene rings is 3. The van der Waals surface area contributed by atoms with Gasteiger partial charge in [-0.25, -0.2) is 0 Å². The minimum atomic E-state index is -1.11. The van der Waals surface area contributed by atoms with Crippen molar-refractivity contribution in [3.8, 4) is 11.1 Å². The third-order valence-electron chi connectivity index (χ3n) is 4.23. The topological polar surface area (TPSA) is 20.2 Å². The van der Waals surface area contributed by atoms with Crippen molar-refractivity contribution in [3.63, 3.8) is 0 Å². The second kappa shape index (κ2) is 7.04. The number of hydrogen-bond donors (Lipinski definition) is 1. The summed E-state index contributed by atoms with van der Waals surface area (Å²) in [5, 5.41) is 11.9. The van der Waals surface area contributed by atoms with E-state index in [4.69, 9.17) is 11.6 Å². The summed E-state index contributed by atoms with van der Waals surface area (Å²) in [6, 6.07) is 25.5. The SMILES string of the molecule is C=CCC(O)(c1ccc(Cl)cc1)c1ccc(-c2ccccc2)cc1. The van der Waals surface area contributed by atoms with Gasteiger partial charge in [0.2, 0.25) is 0 Å². The summed E-state index contributed by atoms with van der Waals surface area (Å²) >= 11 is 5.97. The van der Waals surface area contributed by atoms with Crippen molar-refractivity contribution in [1.82, 2.24) is 0 Å². The summed E-state index contributed by atoms with van der Waals surface area (Å²) in [5.41, 5.74) is 2.81. The van der Waals surface area contributed by atoms with Gasteiger partial charge in [0.05, 0.1) is 0 Å². The number of hydrogen-bond acceptors (Lipinski definition) is 1. The number of rotatable bonds is 5. The van der Waals surface area contributed by atoms with Crippen molar-refractivity contribution in [1.29, 1.82) is 0 Å². The van der Waals surface area contributed by atoms with Gasteiger partial charge in [-0.1, -0.05) is 84.4 Å². The van der Waals surface area contributed by atoms with E-state index >= 15 is 0 Å². The molecule has 0 saturated heterocycles. The molecule has 0 aliphatic carbocycles. The molecule has 3 aromatic rings. The van der Waals surface area contributed by atoms with E-state index in [-0.39, 0.29) is 0 Å². The van der Waals surface area contributed by atoms with Crippen molar-refractivity contribution < 1.29 is 5.11 Å². The molecule has 1 nitrogen and oxygen atoms in total. The molecule has 0 aromatic heterocycles. The zero-order valence-corrected chi connectivity index (χ0v) is 14.1. The smallest absolute Gasteiger partial charge is 0.118 e. The van der Waals surface area contributed by atoms with Crippen LogP contribution in [0.3, 0.4) is 0 Å². The predicted octanol–water partition coefficient (Wildman–Crippen LogP) is 5.82. The lowest BCUT2D eigenvalue weighted by Gasteiger charge is -2.28. The van der Waals surface area contributed by atoms with E-state index in [0.29, 0.717) is 11.4 Å². The molecular formula is C22H19ClO. The van der Waals surface area contributed by atoms with Gasteiger partial charge in [-0.3, -0.25) is 0 Å². The highest BCUT2D eigenvalue weighted by molar-refractivity contribution is 6.30. The lowest BCUT2D eigenvalue weighted by atomic mass is 9.83. The van der Waals surface area contributed by atoms with Crippen LogP contribution in [-0.2, 0) is 5.60 Å². The molecule has 1 unspecified atom stereocenters. The lowest BCUT2D eigenvalue weighted by molar-refractivity contribution is 0.0842. The average Bonchev–Trinajstić information content (AvgIpc) is 2.63. The lowest BCUT2D eigenvalue weighted by Crippen LogP contribution is -2.26. The van der Waals surface area contributed by atoms with Crippen LogP contribution in [-0.4, -0.2) is 5.11 Å². The maximum absolute atomic E-state index is 11.3. The standard InChI is InChI=1S/C22H19ClO/c1-2-16-22(24,20-12-14-21(23)15-13-20)19-10-8-18(9-11-19)17-6-4-3-5-7-17/h2-15,24H,1,16H2. The fourth-order valence-electron chi connectivity index (χ4n) is 2.91. The van der Waals surface area contributed by atoms with E-state index in [2.05, 4.69) is 18.7 Å². The molecule has 1 atom stereocenters. The third-order valence-corrected chi connectivity index (χ3v) is 4.48. The maximum Gasteiger partial charge on any atom is 0.118 e. The van der Waals surface area contributed by atoms with E-state index in [9.17, 15) is 5.11 Å². The molecule has 0 spiro atoms. The van der Waals surface area contributed by atoms with Crippen LogP contribution in [0.5, 0.6) is 0 Å². The third kappa shape index (κ3) is 3.28. The molecule has 3 aromatic carbocycles. The van der Waals surface area contributed by atoms with Gasteiger partial charge in [0.1, 0.15) is 5.60 Å². The predicted molar refractivity (Wildman–Crippen MR) is 101 cm³/mol. The molecule has 0 aliphatic rings. The van der Waals surface area contributed by atoms with Crippen LogP contribution in [0.1, 0.15) is 17.5 Å². The van der Waals surface area contributed by atoms with Gasteiger partial charge in [0, 0.05) is 11.4 Å². The average molecular weight is 335 g/mol. The zero-order chi connectivity index (χ0) is 17.0. The van der Waals surface area contributed by atoms with Crippen molar-refractivity contribution in [2.45, 2.75) is 12.0 Å². The Labute approximate surface area is 147 Å². The molecule has 2 heteroatoms. The van der Waals surface area contributed by atoms with E-state index in [1.807, 2.05) is 54.6 Å². The second-order valence-electron chi connectivity index (χ2n) is 5.80. The Bertz CT molecular complexity index is 807. The summed E-state index contributed by atoms with van der Waals surface area (Å²) in [5.74, 6) is 0. The van der Waals surface area contributed by atoms with Crippen molar-refractivity contribution in [3.05, 3.63) is 108 Å². The quantitative estimate of drug-likeness (QED) is 0.583. The molecule has 1 N–H and O–H groups in total. The minimum absolute atomic E-state index is 0.430. The van der Waals surface area contributed by atoms with Crippen LogP contribution >= 0.6 is 11.6 Å². The number of aliphatic hydroxyl groups is 1. The van der Waals surface area contributed by atoms with Gasteiger partial charge >= 0.3 is 0 Å². The van der Waals surface area contributed by atoms with Gasteiger partial charge in [-0.2, -0.15) is 0 Å². The monoisotopic (exact) mass is 334 g/mol. The highest BCUT2D eigenvalue weighted by Gasteiger charge is 2.30. The molecule has 0 amide bonds. The Balaban J connectivity index is 2.00. The summed E-state index contributed by atoms with van der Waals surface area (Å²) in [4.78, 5) is 0. The van der Waals surface area contributed by atoms with Gasteiger partial charge in [-0.05, 0) is 34.4 Å². The van der Waals surface area contributed by atoms with Crippen molar-refractivity contribution >= 4 is 11.6 Å². The van der Waals surface area contributed by atoms with Crippen LogP contribution in [0.25, 0.3) is 11.1 Å². The van der Waals surface area contributed by atoms with Crippen LogP contribution in [0.4, 0.5) is 0 Å². The molecule has 0 heterocycles. The summed E-state index contributed by atoms with van der Waals surface area (Å²) in [6.07, 6.45) is 2.17. The van der Waals surface area contributed by atoms with E-state index in [0.717, 1.165) is 22.3 Å².